The van der Waals surface area contributed by atoms with Crippen LogP contribution in [0.5, 0.6) is 0 Å². The summed E-state index contributed by atoms with van der Waals surface area (Å²) in [4.78, 5) is 22.6. The molecule has 0 saturated heterocycles. The van der Waals surface area contributed by atoms with Crippen LogP contribution in [0, 0.1) is 20.8 Å². The molecule has 0 saturated carbocycles. The number of hydrogen-bond acceptors (Lipinski definition) is 3. The molecule has 92 valence electrons. The maximum atomic E-state index is 12.0. The standard InChI is InChI=1S/C13H17NO3/c1-7-4-8(2)12(9(3)5-7)11(15)6-10(14)13(16)17/h4-5,10H,6,14H2,1-3H3,(H,16,17)/t10-/m1/s1. The van der Waals surface area contributed by atoms with Crippen LogP contribution in [-0.4, -0.2) is 22.9 Å². The first kappa shape index (κ1) is 13.4. The summed E-state index contributed by atoms with van der Waals surface area (Å²) in [5.74, 6) is -1.37. The summed E-state index contributed by atoms with van der Waals surface area (Å²) in [5, 5.41) is 8.68. The monoisotopic (exact) mass is 235 g/mol. The third-order valence-corrected chi connectivity index (χ3v) is 2.68. The van der Waals surface area contributed by atoms with Crippen LogP contribution in [0.4, 0.5) is 0 Å². The predicted molar refractivity (Wildman–Crippen MR) is 65.2 cm³/mol. The number of carbonyl (C=O) groups excluding carboxylic acids is 1. The summed E-state index contributed by atoms with van der Waals surface area (Å²) in [5.41, 5.74) is 8.77. The summed E-state index contributed by atoms with van der Waals surface area (Å²) in [7, 11) is 0. The minimum Gasteiger partial charge on any atom is -0.480 e. The van der Waals surface area contributed by atoms with Crippen LogP contribution in [0.25, 0.3) is 0 Å². The molecule has 0 aliphatic carbocycles. The Hall–Kier alpha value is -1.68. The number of hydrogen-bond donors (Lipinski definition) is 2. The number of aliphatic carboxylic acids is 1. The van der Waals surface area contributed by atoms with Gasteiger partial charge in [0.1, 0.15) is 6.04 Å². The quantitative estimate of drug-likeness (QED) is 0.777. The van der Waals surface area contributed by atoms with Crippen molar-refractivity contribution in [2.24, 2.45) is 5.73 Å². The molecule has 4 heteroatoms. The molecule has 0 bridgehead atoms. The number of Topliss-reactive ketones (excluding diaryl/α,β-unsaturated/α-hetero) is 1. The van der Waals surface area contributed by atoms with Crippen molar-refractivity contribution < 1.29 is 14.7 Å². The van der Waals surface area contributed by atoms with Gasteiger partial charge in [-0.1, -0.05) is 17.7 Å². The molecule has 0 unspecified atom stereocenters. The molecule has 0 fully saturated rings. The summed E-state index contributed by atoms with van der Waals surface area (Å²) in [6.45, 7) is 5.65. The lowest BCUT2D eigenvalue weighted by atomic mass is 9.94. The van der Waals surface area contributed by atoms with E-state index in [9.17, 15) is 9.59 Å². The third-order valence-electron chi connectivity index (χ3n) is 2.68. The molecule has 0 radical (unpaired) electrons. The van der Waals surface area contributed by atoms with Crippen molar-refractivity contribution in [1.82, 2.24) is 0 Å². The summed E-state index contributed by atoms with van der Waals surface area (Å²) >= 11 is 0. The van der Waals surface area contributed by atoms with Crippen molar-refractivity contribution >= 4 is 11.8 Å². The molecule has 0 aliphatic heterocycles. The Labute approximate surface area is 100 Å². The van der Waals surface area contributed by atoms with Crippen molar-refractivity contribution in [3.05, 3.63) is 34.4 Å². The lowest BCUT2D eigenvalue weighted by Gasteiger charge is -2.11. The lowest BCUT2D eigenvalue weighted by Crippen LogP contribution is -2.32. The van der Waals surface area contributed by atoms with Crippen LogP contribution in [0.2, 0.25) is 0 Å². The molecule has 0 amide bonds. The van der Waals surface area contributed by atoms with Gasteiger partial charge in [-0.3, -0.25) is 9.59 Å². The minimum absolute atomic E-state index is 0.167. The van der Waals surface area contributed by atoms with E-state index in [-0.39, 0.29) is 12.2 Å². The molecular weight excluding hydrogens is 218 g/mol. The van der Waals surface area contributed by atoms with E-state index in [4.69, 9.17) is 10.8 Å². The van der Waals surface area contributed by atoms with Gasteiger partial charge in [0.25, 0.3) is 0 Å². The van der Waals surface area contributed by atoms with E-state index in [0.717, 1.165) is 16.7 Å². The SMILES string of the molecule is Cc1cc(C)c(C(=O)C[C@@H](N)C(=O)O)c(C)c1. The third kappa shape index (κ3) is 3.14. The Morgan fingerprint density at radius 3 is 2.12 bits per heavy atom. The average Bonchev–Trinajstić information content (AvgIpc) is 2.15. The van der Waals surface area contributed by atoms with E-state index in [0.29, 0.717) is 5.56 Å². The van der Waals surface area contributed by atoms with Crippen LogP contribution >= 0.6 is 0 Å². The van der Waals surface area contributed by atoms with E-state index in [1.807, 2.05) is 32.9 Å². The van der Waals surface area contributed by atoms with E-state index in [2.05, 4.69) is 0 Å². The van der Waals surface area contributed by atoms with Gasteiger partial charge in [0.15, 0.2) is 5.78 Å². The lowest BCUT2D eigenvalue weighted by molar-refractivity contribution is -0.138. The summed E-state index contributed by atoms with van der Waals surface area (Å²) < 4.78 is 0. The van der Waals surface area contributed by atoms with Crippen LogP contribution in [0.3, 0.4) is 0 Å². The molecule has 0 aromatic heterocycles. The van der Waals surface area contributed by atoms with Gasteiger partial charge in [0.2, 0.25) is 0 Å². The van der Waals surface area contributed by atoms with Gasteiger partial charge in [-0.15, -0.1) is 0 Å². The second-order valence-corrected chi connectivity index (χ2v) is 4.35. The molecule has 1 rings (SSSR count). The fraction of sp³-hybridized carbons (Fsp3) is 0.385. The van der Waals surface area contributed by atoms with Crippen molar-refractivity contribution in [2.45, 2.75) is 33.2 Å². The highest BCUT2D eigenvalue weighted by Gasteiger charge is 2.20. The van der Waals surface area contributed by atoms with Crippen molar-refractivity contribution in [3.63, 3.8) is 0 Å². The van der Waals surface area contributed by atoms with Gasteiger partial charge in [-0.05, 0) is 31.9 Å². The highest BCUT2D eigenvalue weighted by molar-refractivity contribution is 6.01. The molecule has 17 heavy (non-hydrogen) atoms. The fourth-order valence-electron chi connectivity index (χ4n) is 2.01. The van der Waals surface area contributed by atoms with Gasteiger partial charge >= 0.3 is 5.97 Å². The Kier molecular flexibility index (Phi) is 4.02. The number of carboxylic acids is 1. The maximum absolute atomic E-state index is 12.0. The van der Waals surface area contributed by atoms with Crippen molar-refractivity contribution in [3.8, 4) is 0 Å². The molecule has 1 aromatic carbocycles. The fourth-order valence-corrected chi connectivity index (χ4v) is 2.01. The number of rotatable bonds is 4. The van der Waals surface area contributed by atoms with E-state index in [1.54, 1.807) is 0 Å². The van der Waals surface area contributed by atoms with Crippen LogP contribution < -0.4 is 5.73 Å². The van der Waals surface area contributed by atoms with Gasteiger partial charge in [-0.2, -0.15) is 0 Å². The van der Waals surface area contributed by atoms with Crippen LogP contribution in [0.1, 0.15) is 33.5 Å². The van der Waals surface area contributed by atoms with Gasteiger partial charge < -0.3 is 10.8 Å². The Morgan fingerprint density at radius 2 is 1.71 bits per heavy atom. The first-order chi connectivity index (χ1) is 7.82. The Bertz CT molecular complexity index is 443. The first-order valence-corrected chi connectivity index (χ1v) is 5.42. The highest BCUT2D eigenvalue weighted by Crippen LogP contribution is 2.18. The molecule has 0 heterocycles. The number of ketones is 1. The molecule has 3 N–H and O–H groups in total. The number of benzene rings is 1. The highest BCUT2D eigenvalue weighted by atomic mass is 16.4. The molecule has 0 aliphatic rings. The predicted octanol–water partition coefficient (Wildman–Crippen LogP) is 1.60. The smallest absolute Gasteiger partial charge is 0.320 e. The zero-order chi connectivity index (χ0) is 13.2. The number of carboxylic acid groups (broad SMARTS) is 1. The van der Waals surface area contributed by atoms with Gasteiger partial charge in [0.05, 0.1) is 0 Å². The molecule has 4 nitrogen and oxygen atoms in total. The topological polar surface area (TPSA) is 80.4 Å². The minimum atomic E-state index is -1.15. The average molecular weight is 235 g/mol. The van der Waals surface area contributed by atoms with E-state index >= 15 is 0 Å². The normalized spacial score (nSPS) is 12.2. The van der Waals surface area contributed by atoms with Crippen molar-refractivity contribution in [2.75, 3.05) is 0 Å². The number of carbonyl (C=O) groups is 2. The second kappa shape index (κ2) is 5.10. The summed E-state index contributed by atoms with van der Waals surface area (Å²) in [6.07, 6.45) is -0.167. The van der Waals surface area contributed by atoms with Crippen LogP contribution in [-0.2, 0) is 4.79 Å². The first-order valence-electron chi connectivity index (χ1n) is 5.42. The molecule has 0 spiro atoms. The summed E-state index contributed by atoms with van der Waals surface area (Å²) in [6, 6.07) is 2.68. The second-order valence-electron chi connectivity index (χ2n) is 4.35. The zero-order valence-corrected chi connectivity index (χ0v) is 10.3. The Balaban J connectivity index is 3.01. The molecule has 1 atom stereocenters. The number of nitrogens with two attached hydrogens (primary N) is 1. The van der Waals surface area contributed by atoms with E-state index in [1.165, 1.54) is 0 Å². The van der Waals surface area contributed by atoms with Gasteiger partial charge in [0, 0.05) is 12.0 Å². The largest absolute Gasteiger partial charge is 0.480 e. The van der Waals surface area contributed by atoms with Gasteiger partial charge in [-0.25, -0.2) is 0 Å². The maximum Gasteiger partial charge on any atom is 0.320 e. The zero-order valence-electron chi connectivity index (χ0n) is 10.3. The molecular formula is C13H17NO3. The van der Waals surface area contributed by atoms with Crippen LogP contribution in [0.15, 0.2) is 12.1 Å². The molecule has 1 aromatic rings. The number of aryl methyl sites for hydroxylation is 3. The van der Waals surface area contributed by atoms with Crippen molar-refractivity contribution in [1.29, 1.82) is 0 Å². The van der Waals surface area contributed by atoms with E-state index < -0.39 is 12.0 Å². The Morgan fingerprint density at radius 1 is 1.24 bits per heavy atom.